The molecule has 2 aliphatic heterocycles. The van der Waals surface area contributed by atoms with E-state index in [9.17, 15) is 33.6 Å². The Bertz CT molecular complexity index is 2020. The molecule has 0 bridgehead atoms. The van der Waals surface area contributed by atoms with Gasteiger partial charge in [-0.15, -0.1) is 0 Å². The number of nitrogens with one attached hydrogen (secondary N) is 1. The van der Waals surface area contributed by atoms with Crippen LogP contribution in [0.1, 0.15) is 106 Å². The molecule has 0 saturated carbocycles. The second-order valence-corrected chi connectivity index (χ2v) is 15.5. The van der Waals surface area contributed by atoms with Crippen molar-refractivity contribution in [2.75, 3.05) is 13.1 Å². The molecule has 14 heteroatoms. The smallest absolute Gasteiger partial charge is 0.407 e. The van der Waals surface area contributed by atoms with Gasteiger partial charge in [0.25, 0.3) is 0 Å². The van der Waals surface area contributed by atoms with Crippen LogP contribution in [0.3, 0.4) is 0 Å². The van der Waals surface area contributed by atoms with Crippen molar-refractivity contribution in [1.82, 2.24) is 5.32 Å². The van der Waals surface area contributed by atoms with Crippen LogP contribution in [0.15, 0.2) is 59.7 Å². The lowest BCUT2D eigenvalue weighted by atomic mass is 9.81. The first-order valence-electron chi connectivity index (χ1n) is 18.0. The van der Waals surface area contributed by atoms with E-state index in [1.54, 1.807) is 97.0 Å². The van der Waals surface area contributed by atoms with Crippen LogP contribution >= 0.6 is 0 Å². The van der Waals surface area contributed by atoms with E-state index in [1.165, 1.54) is 0 Å². The molecule has 0 saturated heterocycles. The molecule has 6 rings (SSSR count). The number of benzene rings is 2. The summed E-state index contributed by atoms with van der Waals surface area (Å²) in [6.45, 7) is 12.6. The third-order valence-corrected chi connectivity index (χ3v) is 9.29. The fourth-order valence-electron chi connectivity index (χ4n) is 6.43. The van der Waals surface area contributed by atoms with Crippen LogP contribution in [0.5, 0.6) is 0 Å². The molecule has 14 nitrogen and oxygen atoms in total. The standard InChI is InChI=1S/C23H27NO7.C18H19NO5/c1-22(2,3)31-21(28)24-11-10-17(25)29-16-12-15-19(27)18(26)13-8-6-7-9-14(13)20(15)30-23(16,4)5;1-18(2)13(23-14(20)7-8-19)9-12-16(22)15(21)10-5-3-4-6-11(10)17(12)24-18/h6-9,16H,10-12H2,1-5H3,(H,24,28);3-6,13H,7-9,19H2,1-2H3. The summed E-state index contributed by atoms with van der Waals surface area (Å²) < 4.78 is 28.2. The van der Waals surface area contributed by atoms with Crippen molar-refractivity contribution in [1.29, 1.82) is 0 Å². The van der Waals surface area contributed by atoms with E-state index in [0.29, 0.717) is 33.8 Å². The number of carbonyl (C=O) groups excluding carboxylic acids is 7. The van der Waals surface area contributed by atoms with Gasteiger partial charge in [0, 0.05) is 48.2 Å². The van der Waals surface area contributed by atoms with Crippen molar-refractivity contribution in [3.8, 4) is 0 Å². The van der Waals surface area contributed by atoms with Gasteiger partial charge in [0.05, 0.1) is 24.0 Å². The number of esters is 2. The minimum atomic E-state index is -0.916. The Labute approximate surface area is 318 Å². The van der Waals surface area contributed by atoms with Gasteiger partial charge in [-0.3, -0.25) is 28.8 Å². The lowest BCUT2D eigenvalue weighted by molar-refractivity contribution is -0.163. The lowest BCUT2D eigenvalue weighted by Gasteiger charge is -2.41. The van der Waals surface area contributed by atoms with Gasteiger partial charge in [-0.25, -0.2) is 4.79 Å². The summed E-state index contributed by atoms with van der Waals surface area (Å²) in [5, 5.41) is 2.50. The van der Waals surface area contributed by atoms with Gasteiger partial charge in [0.2, 0.25) is 23.1 Å². The van der Waals surface area contributed by atoms with Crippen molar-refractivity contribution in [2.24, 2.45) is 5.73 Å². The highest BCUT2D eigenvalue weighted by molar-refractivity contribution is 6.53. The molecule has 2 aromatic rings. The molecule has 2 aromatic carbocycles. The number of Topliss-reactive ketones (excluding diaryl/α,β-unsaturated/α-hetero) is 4. The quantitative estimate of drug-likeness (QED) is 0.221. The third kappa shape index (κ3) is 8.86. The first-order valence-corrected chi connectivity index (χ1v) is 18.0. The average molecular weight is 759 g/mol. The number of carbonyl (C=O) groups is 7. The molecular weight excluding hydrogens is 712 g/mol. The van der Waals surface area contributed by atoms with E-state index in [4.69, 9.17) is 29.4 Å². The molecule has 2 unspecified atom stereocenters. The van der Waals surface area contributed by atoms with Crippen LogP contribution < -0.4 is 11.1 Å². The van der Waals surface area contributed by atoms with E-state index >= 15 is 0 Å². The molecule has 2 atom stereocenters. The molecule has 1 amide bonds. The summed E-state index contributed by atoms with van der Waals surface area (Å²) in [5.41, 5.74) is 5.30. The second kappa shape index (κ2) is 15.6. The first-order chi connectivity index (χ1) is 25.7. The maximum absolute atomic E-state index is 12.6. The molecule has 3 N–H and O–H groups in total. The van der Waals surface area contributed by atoms with Gasteiger partial charge in [-0.1, -0.05) is 48.5 Å². The maximum Gasteiger partial charge on any atom is 0.407 e. The summed E-state index contributed by atoms with van der Waals surface area (Å²) >= 11 is 0. The predicted octanol–water partition coefficient (Wildman–Crippen LogP) is 4.81. The molecule has 0 spiro atoms. The van der Waals surface area contributed by atoms with Crippen LogP contribution in [0, 0.1) is 0 Å². The van der Waals surface area contributed by atoms with Crippen molar-refractivity contribution in [3.05, 3.63) is 81.9 Å². The molecule has 0 radical (unpaired) electrons. The van der Waals surface area contributed by atoms with Crippen molar-refractivity contribution < 1.29 is 57.2 Å². The van der Waals surface area contributed by atoms with E-state index < -0.39 is 70.2 Å². The monoisotopic (exact) mass is 758 g/mol. The zero-order valence-corrected chi connectivity index (χ0v) is 32.0. The van der Waals surface area contributed by atoms with Crippen LogP contribution in [0.25, 0.3) is 11.5 Å². The van der Waals surface area contributed by atoms with Crippen LogP contribution in [-0.4, -0.2) is 83.3 Å². The summed E-state index contributed by atoms with van der Waals surface area (Å²) in [6.07, 6.45) is -1.80. The van der Waals surface area contributed by atoms with Crippen LogP contribution in [0.4, 0.5) is 4.79 Å². The van der Waals surface area contributed by atoms with Gasteiger partial charge in [-0.2, -0.15) is 0 Å². The van der Waals surface area contributed by atoms with E-state index in [0.717, 1.165) is 0 Å². The Morgan fingerprint density at radius 1 is 0.691 bits per heavy atom. The summed E-state index contributed by atoms with van der Waals surface area (Å²) in [5.74, 6) is -2.62. The molecule has 2 heterocycles. The predicted molar refractivity (Wildman–Crippen MR) is 197 cm³/mol. The number of alkyl carbamates (subject to hydrolysis) is 1. The van der Waals surface area contributed by atoms with Crippen molar-refractivity contribution >= 4 is 52.7 Å². The highest BCUT2D eigenvalue weighted by atomic mass is 16.6. The summed E-state index contributed by atoms with van der Waals surface area (Å²) in [4.78, 5) is 85.6. The molecule has 2 aliphatic carbocycles. The normalized spacial score (nSPS) is 20.6. The Morgan fingerprint density at radius 3 is 1.49 bits per heavy atom. The lowest BCUT2D eigenvalue weighted by Crippen LogP contribution is -2.47. The Hall–Kier alpha value is -5.63. The van der Waals surface area contributed by atoms with E-state index in [1.807, 2.05) is 0 Å². The van der Waals surface area contributed by atoms with Gasteiger partial charge in [-0.05, 0) is 48.5 Å². The van der Waals surface area contributed by atoms with Crippen molar-refractivity contribution in [3.63, 3.8) is 0 Å². The van der Waals surface area contributed by atoms with Crippen LogP contribution in [-0.2, 0) is 42.9 Å². The number of nitrogens with two attached hydrogens (primary N) is 1. The fourth-order valence-corrected chi connectivity index (χ4v) is 6.43. The van der Waals surface area contributed by atoms with Crippen LogP contribution in [0.2, 0.25) is 0 Å². The Balaban J connectivity index is 0.000000218. The molecule has 55 heavy (non-hydrogen) atoms. The van der Waals surface area contributed by atoms with E-state index in [-0.39, 0.29) is 49.9 Å². The molecule has 292 valence electrons. The van der Waals surface area contributed by atoms with Gasteiger partial charge < -0.3 is 34.7 Å². The fraction of sp³-hybridized carbons (Fsp3) is 0.439. The first kappa shape index (κ1) is 40.6. The number of hydrogen-bond donors (Lipinski definition) is 2. The minimum Gasteiger partial charge on any atom is -0.483 e. The zero-order valence-electron chi connectivity index (χ0n) is 32.0. The number of rotatable bonds is 7. The number of fused-ring (bicyclic) bond motifs is 4. The summed E-state index contributed by atoms with van der Waals surface area (Å²) in [6, 6.07) is 13.7. The van der Waals surface area contributed by atoms with Gasteiger partial charge in [0.15, 0.2) is 0 Å². The Morgan fingerprint density at radius 2 is 1.09 bits per heavy atom. The molecular formula is C41H46N2O12. The number of hydrogen-bond acceptors (Lipinski definition) is 13. The molecule has 0 aromatic heterocycles. The number of ketones is 4. The highest BCUT2D eigenvalue weighted by Crippen LogP contribution is 2.44. The minimum absolute atomic E-state index is 0.0422. The van der Waals surface area contributed by atoms with Gasteiger partial charge >= 0.3 is 18.0 Å². The zero-order chi connectivity index (χ0) is 40.5. The number of ether oxygens (including phenoxy) is 5. The maximum atomic E-state index is 12.6. The van der Waals surface area contributed by atoms with Gasteiger partial charge in [0.1, 0.15) is 40.5 Å². The largest absolute Gasteiger partial charge is 0.483 e. The van der Waals surface area contributed by atoms with E-state index in [2.05, 4.69) is 5.32 Å². The second-order valence-electron chi connectivity index (χ2n) is 15.5. The van der Waals surface area contributed by atoms with Crippen molar-refractivity contribution in [2.45, 2.75) is 103 Å². The average Bonchev–Trinajstić information content (AvgIpc) is 3.10. The highest BCUT2D eigenvalue weighted by Gasteiger charge is 2.48. The summed E-state index contributed by atoms with van der Waals surface area (Å²) in [7, 11) is 0. The number of amides is 1. The SMILES string of the molecule is CC(C)(C)OC(=O)NCCC(=O)OC1CC2=C(OC1(C)C)c1ccccc1C(=O)C2=O.CC1(C)OC2=C(CC1OC(=O)CCN)C(=O)C(=O)c1ccccc12. The Kier molecular flexibility index (Phi) is 11.5. The molecule has 4 aliphatic rings. The third-order valence-electron chi connectivity index (χ3n) is 9.29. The topological polar surface area (TPSA) is 204 Å². The molecule has 0 fully saturated rings.